The summed E-state index contributed by atoms with van der Waals surface area (Å²) in [6.45, 7) is 7.01. The van der Waals surface area contributed by atoms with E-state index in [4.69, 9.17) is 0 Å². The Morgan fingerprint density at radius 2 is 2.07 bits per heavy atom. The zero-order chi connectivity index (χ0) is 10.6. The van der Waals surface area contributed by atoms with Crippen molar-refractivity contribution in [2.24, 2.45) is 11.8 Å². The van der Waals surface area contributed by atoms with Gasteiger partial charge < -0.3 is 10.4 Å². The van der Waals surface area contributed by atoms with Crippen molar-refractivity contribution in [3.8, 4) is 0 Å². The second kappa shape index (κ2) is 5.72. The van der Waals surface area contributed by atoms with E-state index in [1.54, 1.807) is 0 Å². The van der Waals surface area contributed by atoms with Gasteiger partial charge in [0.1, 0.15) is 0 Å². The van der Waals surface area contributed by atoms with Crippen molar-refractivity contribution in [1.29, 1.82) is 0 Å². The largest absolute Gasteiger partial charge is 0.395 e. The topological polar surface area (TPSA) is 32.3 Å². The summed E-state index contributed by atoms with van der Waals surface area (Å²) in [7, 11) is 0. The molecule has 1 fully saturated rings. The highest BCUT2D eigenvalue weighted by Gasteiger charge is 2.25. The average Bonchev–Trinajstić information content (AvgIpc) is 2.50. The highest BCUT2D eigenvalue weighted by atomic mass is 16.3. The molecule has 1 aliphatic carbocycles. The summed E-state index contributed by atoms with van der Waals surface area (Å²) in [4.78, 5) is 0. The fourth-order valence-corrected chi connectivity index (χ4v) is 2.46. The molecule has 2 N–H and O–H groups in total. The Bertz CT molecular complexity index is 158. The molecule has 0 aromatic rings. The molecule has 0 amide bonds. The van der Waals surface area contributed by atoms with E-state index < -0.39 is 0 Å². The van der Waals surface area contributed by atoms with Gasteiger partial charge in [-0.3, -0.25) is 0 Å². The molecule has 1 aliphatic rings. The van der Waals surface area contributed by atoms with Gasteiger partial charge >= 0.3 is 0 Å². The maximum atomic E-state index is 9.26. The van der Waals surface area contributed by atoms with Crippen molar-refractivity contribution in [3.05, 3.63) is 0 Å². The fraction of sp³-hybridized carbons (Fsp3) is 1.00. The van der Waals surface area contributed by atoms with Gasteiger partial charge in [0, 0.05) is 12.1 Å². The van der Waals surface area contributed by atoms with Crippen LogP contribution in [0.15, 0.2) is 0 Å². The average molecular weight is 199 g/mol. The minimum absolute atomic E-state index is 0.279. The van der Waals surface area contributed by atoms with E-state index in [1.165, 1.54) is 19.3 Å². The Hall–Kier alpha value is -0.0800. The van der Waals surface area contributed by atoms with Crippen LogP contribution in [0.5, 0.6) is 0 Å². The van der Waals surface area contributed by atoms with Crippen molar-refractivity contribution in [2.75, 3.05) is 6.61 Å². The number of hydrogen-bond donors (Lipinski definition) is 2. The zero-order valence-corrected chi connectivity index (χ0v) is 9.79. The summed E-state index contributed by atoms with van der Waals surface area (Å²) in [6, 6.07) is 0.950. The highest BCUT2D eigenvalue weighted by Crippen LogP contribution is 2.25. The third kappa shape index (κ3) is 3.58. The molecular formula is C12H25NO. The number of aliphatic hydroxyl groups excluding tert-OH is 1. The molecule has 0 aliphatic heterocycles. The van der Waals surface area contributed by atoms with E-state index in [0.29, 0.717) is 18.0 Å². The lowest BCUT2D eigenvalue weighted by atomic mass is 10.0. The van der Waals surface area contributed by atoms with Crippen molar-refractivity contribution in [1.82, 2.24) is 5.32 Å². The van der Waals surface area contributed by atoms with Gasteiger partial charge in [0.05, 0.1) is 6.61 Å². The number of aliphatic hydroxyl groups is 1. The van der Waals surface area contributed by atoms with Crippen LogP contribution in [0.2, 0.25) is 0 Å². The summed E-state index contributed by atoms with van der Waals surface area (Å²) in [5.41, 5.74) is 0. The van der Waals surface area contributed by atoms with Gasteiger partial charge in [-0.1, -0.05) is 27.2 Å². The van der Waals surface area contributed by atoms with Gasteiger partial charge in [-0.2, -0.15) is 0 Å². The van der Waals surface area contributed by atoms with Crippen LogP contribution in [0, 0.1) is 11.8 Å². The van der Waals surface area contributed by atoms with Crippen molar-refractivity contribution >= 4 is 0 Å². The normalized spacial score (nSPS) is 29.8. The highest BCUT2D eigenvalue weighted by molar-refractivity contribution is 4.83. The molecule has 3 atom stereocenters. The molecule has 0 radical (unpaired) electrons. The maximum absolute atomic E-state index is 9.26. The smallest absolute Gasteiger partial charge is 0.0584 e. The van der Waals surface area contributed by atoms with Crippen molar-refractivity contribution < 1.29 is 5.11 Å². The summed E-state index contributed by atoms with van der Waals surface area (Å²) in [5.74, 6) is 1.45. The predicted molar refractivity (Wildman–Crippen MR) is 60.3 cm³/mol. The summed E-state index contributed by atoms with van der Waals surface area (Å²) in [6.07, 6.45) is 5.06. The van der Waals surface area contributed by atoms with Crippen LogP contribution in [-0.2, 0) is 0 Å². The molecular weight excluding hydrogens is 174 g/mol. The Labute approximate surface area is 88.1 Å². The lowest BCUT2D eigenvalue weighted by Crippen LogP contribution is -2.42. The molecule has 14 heavy (non-hydrogen) atoms. The Morgan fingerprint density at radius 1 is 1.36 bits per heavy atom. The van der Waals surface area contributed by atoms with Crippen LogP contribution in [0.4, 0.5) is 0 Å². The molecule has 0 aromatic carbocycles. The first-order valence-electron chi connectivity index (χ1n) is 6.00. The van der Waals surface area contributed by atoms with E-state index in [0.717, 1.165) is 12.3 Å². The third-order valence-electron chi connectivity index (χ3n) is 3.29. The van der Waals surface area contributed by atoms with Gasteiger partial charge in [-0.25, -0.2) is 0 Å². The first kappa shape index (κ1) is 12.0. The molecule has 1 rings (SSSR count). The van der Waals surface area contributed by atoms with Crippen LogP contribution in [0.25, 0.3) is 0 Å². The standard InChI is InChI=1S/C12H25NO/c1-9(2)7-11(8-14)13-12-6-4-5-10(12)3/h9-14H,4-8H2,1-3H3/t10-,11-,12+/m0/s1. The second-order valence-corrected chi connectivity index (χ2v) is 5.19. The van der Waals surface area contributed by atoms with E-state index in [9.17, 15) is 5.11 Å². The van der Waals surface area contributed by atoms with Gasteiger partial charge in [-0.15, -0.1) is 0 Å². The molecule has 0 spiro atoms. The molecule has 0 unspecified atom stereocenters. The zero-order valence-electron chi connectivity index (χ0n) is 9.79. The lowest BCUT2D eigenvalue weighted by Gasteiger charge is -2.25. The molecule has 0 aromatic heterocycles. The van der Waals surface area contributed by atoms with Gasteiger partial charge in [0.25, 0.3) is 0 Å². The van der Waals surface area contributed by atoms with Crippen LogP contribution < -0.4 is 5.32 Å². The van der Waals surface area contributed by atoms with Gasteiger partial charge in [0.2, 0.25) is 0 Å². The van der Waals surface area contributed by atoms with Crippen LogP contribution in [0.1, 0.15) is 46.5 Å². The van der Waals surface area contributed by atoms with Crippen LogP contribution in [-0.4, -0.2) is 23.8 Å². The minimum atomic E-state index is 0.279. The molecule has 0 saturated heterocycles. The molecule has 1 saturated carbocycles. The maximum Gasteiger partial charge on any atom is 0.0584 e. The first-order chi connectivity index (χ1) is 6.63. The summed E-state index contributed by atoms with van der Waals surface area (Å²) >= 11 is 0. The third-order valence-corrected chi connectivity index (χ3v) is 3.29. The van der Waals surface area contributed by atoms with E-state index in [-0.39, 0.29) is 6.61 Å². The Kier molecular flexibility index (Phi) is 4.90. The van der Waals surface area contributed by atoms with E-state index >= 15 is 0 Å². The molecule has 0 heterocycles. The van der Waals surface area contributed by atoms with Crippen LogP contribution in [0.3, 0.4) is 0 Å². The Morgan fingerprint density at radius 3 is 2.50 bits per heavy atom. The number of hydrogen-bond acceptors (Lipinski definition) is 2. The fourth-order valence-electron chi connectivity index (χ4n) is 2.46. The lowest BCUT2D eigenvalue weighted by molar-refractivity contribution is 0.205. The number of nitrogens with one attached hydrogen (secondary N) is 1. The molecule has 2 heteroatoms. The predicted octanol–water partition coefficient (Wildman–Crippen LogP) is 2.17. The Balaban J connectivity index is 2.31. The SMILES string of the molecule is CC(C)C[C@@H](CO)N[C@@H]1CCC[C@@H]1C. The molecule has 2 nitrogen and oxygen atoms in total. The van der Waals surface area contributed by atoms with Crippen LogP contribution >= 0.6 is 0 Å². The van der Waals surface area contributed by atoms with Gasteiger partial charge in [-0.05, 0) is 31.1 Å². The quantitative estimate of drug-likeness (QED) is 0.711. The van der Waals surface area contributed by atoms with E-state index in [1.807, 2.05) is 0 Å². The summed E-state index contributed by atoms with van der Waals surface area (Å²) < 4.78 is 0. The van der Waals surface area contributed by atoms with Crippen molar-refractivity contribution in [2.45, 2.75) is 58.5 Å². The van der Waals surface area contributed by atoms with E-state index in [2.05, 4.69) is 26.1 Å². The van der Waals surface area contributed by atoms with Crippen molar-refractivity contribution in [3.63, 3.8) is 0 Å². The first-order valence-corrected chi connectivity index (χ1v) is 6.00. The second-order valence-electron chi connectivity index (χ2n) is 5.19. The van der Waals surface area contributed by atoms with Gasteiger partial charge in [0.15, 0.2) is 0 Å². The minimum Gasteiger partial charge on any atom is -0.395 e. The molecule has 0 bridgehead atoms. The number of rotatable bonds is 5. The molecule has 84 valence electrons. The monoisotopic (exact) mass is 199 g/mol. The summed E-state index contributed by atoms with van der Waals surface area (Å²) in [5, 5.41) is 12.9.